The lowest BCUT2D eigenvalue weighted by Crippen LogP contribution is -2.17. The first kappa shape index (κ1) is 6.75. The standard InChI is InChI=1S/C3H2N2O4S/c4-3(10)5-8-1(6)2(7)9-5/h(H2,4,10). The van der Waals surface area contributed by atoms with Gasteiger partial charge in [-0.2, -0.15) is 0 Å². The SMILES string of the molecule is NC(=S)n1oc(=O)c(=O)o1. The van der Waals surface area contributed by atoms with Gasteiger partial charge in [0.15, 0.2) is 0 Å². The fraction of sp³-hybridized carbons (Fsp3) is 0. The second-order valence-electron chi connectivity index (χ2n) is 1.35. The van der Waals surface area contributed by atoms with Crippen LogP contribution >= 0.6 is 12.2 Å². The van der Waals surface area contributed by atoms with Crippen molar-refractivity contribution in [3.05, 3.63) is 20.8 Å². The van der Waals surface area contributed by atoms with Gasteiger partial charge in [0, 0.05) is 4.91 Å². The monoisotopic (exact) mass is 162 g/mol. The van der Waals surface area contributed by atoms with E-state index in [1.807, 2.05) is 0 Å². The molecule has 0 aromatic carbocycles. The molecule has 0 unspecified atom stereocenters. The molecule has 0 fully saturated rings. The normalized spacial score (nSPS) is 9.60. The summed E-state index contributed by atoms with van der Waals surface area (Å²) in [7, 11) is 0. The van der Waals surface area contributed by atoms with Gasteiger partial charge in [0.1, 0.15) is 0 Å². The number of nitrogens with two attached hydrogens (primary N) is 1. The van der Waals surface area contributed by atoms with Gasteiger partial charge in [-0.3, -0.25) is 9.05 Å². The van der Waals surface area contributed by atoms with Crippen molar-refractivity contribution in [2.24, 2.45) is 5.73 Å². The molecular weight excluding hydrogens is 160 g/mol. The first-order valence-corrected chi connectivity index (χ1v) is 2.56. The number of aromatic nitrogens is 1. The number of hydrogen-bond acceptors (Lipinski definition) is 5. The van der Waals surface area contributed by atoms with Crippen molar-refractivity contribution in [3.63, 3.8) is 0 Å². The van der Waals surface area contributed by atoms with Gasteiger partial charge in [-0.05, 0) is 12.2 Å². The fourth-order valence-electron chi connectivity index (χ4n) is 0.334. The van der Waals surface area contributed by atoms with E-state index in [0.29, 0.717) is 4.91 Å². The average Bonchev–Trinajstić information content (AvgIpc) is 2.13. The second kappa shape index (κ2) is 2.10. The van der Waals surface area contributed by atoms with E-state index in [9.17, 15) is 9.59 Å². The molecule has 0 aliphatic rings. The highest BCUT2D eigenvalue weighted by Crippen LogP contribution is 1.74. The molecule has 1 rings (SSSR count). The summed E-state index contributed by atoms with van der Waals surface area (Å²) >= 11 is 4.31. The Kier molecular flexibility index (Phi) is 1.42. The zero-order chi connectivity index (χ0) is 7.72. The van der Waals surface area contributed by atoms with Crippen molar-refractivity contribution in [2.75, 3.05) is 0 Å². The Bertz CT molecular complexity index is 330. The number of thiocarbonyl (C=S) groups is 1. The molecule has 0 radical (unpaired) electrons. The minimum atomic E-state index is -1.13. The molecule has 0 atom stereocenters. The van der Waals surface area contributed by atoms with E-state index in [2.05, 4.69) is 21.3 Å². The Morgan fingerprint density at radius 1 is 1.40 bits per heavy atom. The first-order valence-electron chi connectivity index (χ1n) is 2.15. The van der Waals surface area contributed by atoms with E-state index in [-0.39, 0.29) is 5.11 Å². The van der Waals surface area contributed by atoms with E-state index >= 15 is 0 Å². The zero-order valence-electron chi connectivity index (χ0n) is 4.57. The molecule has 2 N–H and O–H groups in total. The number of nitrogens with zero attached hydrogens (tertiary/aromatic N) is 1. The van der Waals surface area contributed by atoms with Crippen molar-refractivity contribution in [1.29, 1.82) is 0 Å². The summed E-state index contributed by atoms with van der Waals surface area (Å²) in [5.41, 5.74) is 2.66. The van der Waals surface area contributed by atoms with Gasteiger partial charge in [0.2, 0.25) is 5.11 Å². The van der Waals surface area contributed by atoms with Crippen LogP contribution in [0.15, 0.2) is 18.6 Å². The molecule has 1 heterocycles. The molecule has 10 heavy (non-hydrogen) atoms. The first-order chi connectivity index (χ1) is 4.61. The molecule has 0 aliphatic heterocycles. The molecule has 1 aromatic rings. The summed E-state index contributed by atoms with van der Waals surface area (Å²) in [6.07, 6.45) is 0. The summed E-state index contributed by atoms with van der Waals surface area (Å²) in [5.74, 6) is 0. The lowest BCUT2D eigenvalue weighted by molar-refractivity contribution is 0.160. The minimum Gasteiger partial charge on any atom is -0.371 e. The van der Waals surface area contributed by atoms with E-state index in [4.69, 9.17) is 5.73 Å². The molecule has 54 valence electrons. The van der Waals surface area contributed by atoms with E-state index in [1.165, 1.54) is 0 Å². The Hall–Kier alpha value is -1.37. The summed E-state index contributed by atoms with van der Waals surface area (Å²) in [6, 6.07) is 0. The number of hydrogen-bond donors (Lipinski definition) is 1. The maximum atomic E-state index is 10.2. The van der Waals surface area contributed by atoms with Gasteiger partial charge in [-0.1, -0.05) is 0 Å². The highest BCUT2D eigenvalue weighted by atomic mass is 32.1. The van der Waals surface area contributed by atoms with Crippen LogP contribution in [0.25, 0.3) is 0 Å². The minimum absolute atomic E-state index is 0.334. The second-order valence-corrected chi connectivity index (χ2v) is 1.77. The van der Waals surface area contributed by atoms with Crippen LogP contribution in [-0.2, 0) is 0 Å². The van der Waals surface area contributed by atoms with Crippen LogP contribution in [0.4, 0.5) is 0 Å². The predicted molar refractivity (Wildman–Crippen MR) is 33.7 cm³/mol. The summed E-state index contributed by atoms with van der Waals surface area (Å²) < 4.78 is 8.18. The number of rotatable bonds is 0. The van der Waals surface area contributed by atoms with Gasteiger partial charge >= 0.3 is 11.3 Å². The van der Waals surface area contributed by atoms with Crippen LogP contribution in [0.5, 0.6) is 0 Å². The fourth-order valence-corrected chi connectivity index (χ4v) is 0.408. The highest BCUT2D eigenvalue weighted by molar-refractivity contribution is 7.80. The summed E-state index contributed by atoms with van der Waals surface area (Å²) in [4.78, 5) is 20.8. The van der Waals surface area contributed by atoms with Crippen molar-refractivity contribution in [2.45, 2.75) is 0 Å². The average molecular weight is 162 g/mol. The van der Waals surface area contributed by atoms with E-state index in [0.717, 1.165) is 0 Å². The van der Waals surface area contributed by atoms with Gasteiger partial charge < -0.3 is 5.73 Å². The van der Waals surface area contributed by atoms with Crippen LogP contribution in [0, 0.1) is 0 Å². The topological polar surface area (TPSA) is 91.4 Å². The molecular formula is C3H2N2O4S. The maximum Gasteiger partial charge on any atom is 0.446 e. The van der Waals surface area contributed by atoms with Crippen LogP contribution in [0.1, 0.15) is 0 Å². The molecule has 0 spiro atoms. The van der Waals surface area contributed by atoms with E-state index in [1.54, 1.807) is 0 Å². The lowest BCUT2D eigenvalue weighted by atomic mass is 11.0. The van der Waals surface area contributed by atoms with Crippen LogP contribution in [0.2, 0.25) is 0 Å². The predicted octanol–water partition coefficient (Wildman–Crippen LogP) is -1.51. The molecule has 0 bridgehead atoms. The summed E-state index contributed by atoms with van der Waals surface area (Å²) in [6.45, 7) is 0. The Morgan fingerprint density at radius 3 is 2.00 bits per heavy atom. The van der Waals surface area contributed by atoms with Crippen LogP contribution < -0.4 is 17.0 Å². The molecule has 0 saturated heterocycles. The van der Waals surface area contributed by atoms with Crippen molar-refractivity contribution < 1.29 is 9.05 Å². The highest BCUT2D eigenvalue weighted by Gasteiger charge is 2.05. The van der Waals surface area contributed by atoms with Crippen molar-refractivity contribution in [1.82, 2.24) is 4.91 Å². The third-order valence-electron chi connectivity index (χ3n) is 0.678. The Morgan fingerprint density at radius 2 is 1.80 bits per heavy atom. The van der Waals surface area contributed by atoms with Crippen molar-refractivity contribution >= 4 is 17.3 Å². The van der Waals surface area contributed by atoms with Gasteiger partial charge in [0.25, 0.3) is 0 Å². The largest absolute Gasteiger partial charge is 0.446 e. The third kappa shape index (κ3) is 0.982. The Labute approximate surface area is 58.7 Å². The quantitative estimate of drug-likeness (QED) is 0.368. The zero-order valence-corrected chi connectivity index (χ0v) is 5.38. The van der Waals surface area contributed by atoms with Gasteiger partial charge in [-0.25, -0.2) is 9.59 Å². The van der Waals surface area contributed by atoms with E-state index < -0.39 is 11.3 Å². The van der Waals surface area contributed by atoms with Crippen LogP contribution in [-0.4, -0.2) is 10.0 Å². The third-order valence-corrected chi connectivity index (χ3v) is 0.827. The molecule has 6 nitrogen and oxygen atoms in total. The van der Waals surface area contributed by atoms with Gasteiger partial charge in [0.05, 0.1) is 0 Å². The maximum absolute atomic E-state index is 10.2. The molecule has 1 aromatic heterocycles. The molecule has 0 aliphatic carbocycles. The van der Waals surface area contributed by atoms with Gasteiger partial charge in [-0.15, -0.1) is 0 Å². The summed E-state index contributed by atoms with van der Waals surface area (Å²) in [5, 5.41) is -0.334. The van der Waals surface area contributed by atoms with Crippen LogP contribution in [0.3, 0.4) is 0 Å². The molecule has 7 heteroatoms. The smallest absolute Gasteiger partial charge is 0.371 e. The molecule has 0 saturated carbocycles. The van der Waals surface area contributed by atoms with Crippen molar-refractivity contribution in [3.8, 4) is 0 Å². The Balaban J connectivity index is 3.37. The molecule has 0 amide bonds. The lowest BCUT2D eigenvalue weighted by Gasteiger charge is -1.86.